The van der Waals surface area contributed by atoms with Crippen molar-refractivity contribution in [3.05, 3.63) is 35.4 Å². The molecule has 0 fully saturated rings. The van der Waals surface area contributed by atoms with E-state index in [1.54, 1.807) is 6.07 Å². The molecule has 1 nitrogen and oxygen atoms in total. The van der Waals surface area contributed by atoms with Crippen LogP contribution in [0.5, 0.6) is 0 Å². The number of hydrogen-bond acceptors (Lipinski definition) is 1. The van der Waals surface area contributed by atoms with Gasteiger partial charge < -0.3 is 5.41 Å². The van der Waals surface area contributed by atoms with Crippen LogP contribution in [-0.2, 0) is 6.18 Å². The monoisotopic (exact) mass is 307 g/mol. The third kappa shape index (κ3) is 6.42. The number of hydrogen-bond donors (Lipinski definition) is 1. The average molecular weight is 308 g/mol. The summed E-state index contributed by atoms with van der Waals surface area (Å²) in [6.45, 7) is 4.25. The van der Waals surface area contributed by atoms with Gasteiger partial charge in [-0.1, -0.05) is 38.5 Å². The molecule has 0 heterocycles. The van der Waals surface area contributed by atoms with Gasteiger partial charge in [-0.25, -0.2) is 0 Å². The molecule has 0 aromatic heterocycles. The van der Waals surface area contributed by atoms with Crippen molar-refractivity contribution < 1.29 is 13.2 Å². The molecule has 0 saturated heterocycles. The Balaban J connectivity index is 0.00000110. The van der Waals surface area contributed by atoms with Gasteiger partial charge in [-0.3, -0.25) is 0 Å². The van der Waals surface area contributed by atoms with Crippen LogP contribution in [0, 0.1) is 5.41 Å². The Morgan fingerprint density at radius 1 is 1.25 bits per heavy atom. The highest BCUT2D eigenvalue weighted by atomic mass is 35.5. The Hall–Kier alpha value is -1.03. The molecule has 5 heteroatoms. The van der Waals surface area contributed by atoms with Crippen molar-refractivity contribution in [1.82, 2.24) is 0 Å². The molecule has 114 valence electrons. The maximum absolute atomic E-state index is 12.8. The highest BCUT2D eigenvalue weighted by molar-refractivity contribution is 6.17. The summed E-state index contributed by atoms with van der Waals surface area (Å²) < 4.78 is 38.3. The quantitative estimate of drug-likeness (QED) is 0.519. The van der Waals surface area contributed by atoms with E-state index >= 15 is 0 Å². The number of rotatable bonds is 5. The molecule has 0 aliphatic rings. The van der Waals surface area contributed by atoms with Crippen LogP contribution in [0.4, 0.5) is 13.2 Å². The number of halogens is 4. The van der Waals surface area contributed by atoms with Gasteiger partial charge in [0.15, 0.2) is 0 Å². The largest absolute Gasteiger partial charge is 0.416 e. The van der Waals surface area contributed by atoms with Gasteiger partial charge in [0.1, 0.15) is 0 Å². The Morgan fingerprint density at radius 3 is 2.25 bits per heavy atom. The van der Waals surface area contributed by atoms with Gasteiger partial charge in [0.25, 0.3) is 0 Å². The number of alkyl halides is 4. The maximum atomic E-state index is 12.8. The van der Waals surface area contributed by atoms with Crippen LogP contribution < -0.4 is 0 Å². The van der Waals surface area contributed by atoms with E-state index in [2.05, 4.69) is 13.8 Å². The molecule has 1 rings (SSSR count). The predicted octanol–water partition coefficient (Wildman–Crippen LogP) is 5.87. The Morgan fingerprint density at radius 2 is 1.80 bits per heavy atom. The molecular weight excluding hydrogens is 287 g/mol. The average Bonchev–Trinajstić information content (AvgIpc) is 2.40. The topological polar surface area (TPSA) is 23.9 Å². The molecule has 0 spiro atoms. The first kappa shape index (κ1) is 19.0. The Bertz CT molecular complexity index is 391. The maximum Gasteiger partial charge on any atom is 0.416 e. The summed E-state index contributed by atoms with van der Waals surface area (Å²) in [6.07, 6.45) is -1.02. The number of benzene rings is 1. The lowest BCUT2D eigenvalue weighted by molar-refractivity contribution is -0.138. The van der Waals surface area contributed by atoms with Crippen molar-refractivity contribution in [2.24, 2.45) is 0 Å². The molecule has 1 aromatic rings. The summed E-state index contributed by atoms with van der Waals surface area (Å²) in [6, 6.07) is 5.38. The standard InChI is InChI=1S/C12H13ClF3N.C3H8/c13-7-3-4-9(8-17)10-5-1-2-6-11(10)12(14,15)16;1-3-2/h1-2,5-6,8-9,17H,3-4,7H2;3H2,1-2H3. The molecule has 0 bridgehead atoms. The summed E-state index contributed by atoms with van der Waals surface area (Å²) in [4.78, 5) is 0. The lowest BCUT2D eigenvalue weighted by Gasteiger charge is -2.17. The molecule has 1 atom stereocenters. The van der Waals surface area contributed by atoms with Crippen molar-refractivity contribution >= 4 is 17.8 Å². The minimum atomic E-state index is -4.38. The van der Waals surface area contributed by atoms with E-state index in [1.165, 1.54) is 18.6 Å². The Labute approximate surface area is 123 Å². The molecule has 0 aliphatic heterocycles. The molecule has 1 N–H and O–H groups in total. The fourth-order valence-electron chi connectivity index (χ4n) is 1.70. The lowest BCUT2D eigenvalue weighted by Crippen LogP contribution is -2.12. The molecule has 20 heavy (non-hydrogen) atoms. The van der Waals surface area contributed by atoms with Gasteiger partial charge in [-0.2, -0.15) is 13.2 Å². The third-order valence-corrected chi connectivity index (χ3v) is 2.78. The summed E-state index contributed by atoms with van der Waals surface area (Å²) in [7, 11) is 0. The first-order valence-electron chi connectivity index (χ1n) is 6.64. The molecule has 0 aliphatic carbocycles. The van der Waals surface area contributed by atoms with Gasteiger partial charge in [-0.05, 0) is 24.5 Å². The van der Waals surface area contributed by atoms with Crippen LogP contribution in [-0.4, -0.2) is 12.1 Å². The molecule has 1 unspecified atom stereocenters. The fraction of sp³-hybridized carbons (Fsp3) is 0.533. The summed E-state index contributed by atoms with van der Waals surface area (Å²) in [5.74, 6) is -0.134. The van der Waals surface area contributed by atoms with Crippen LogP contribution in [0.15, 0.2) is 24.3 Å². The van der Waals surface area contributed by atoms with Gasteiger partial charge in [-0.15, -0.1) is 11.6 Å². The Kier molecular flexibility index (Phi) is 9.30. The van der Waals surface area contributed by atoms with Crippen molar-refractivity contribution in [3.8, 4) is 0 Å². The van der Waals surface area contributed by atoms with Crippen molar-refractivity contribution in [1.29, 1.82) is 5.41 Å². The van der Waals surface area contributed by atoms with Gasteiger partial charge in [0.05, 0.1) is 5.56 Å². The molecular formula is C15H21ClF3N. The van der Waals surface area contributed by atoms with E-state index in [4.69, 9.17) is 17.0 Å². The van der Waals surface area contributed by atoms with Crippen LogP contribution in [0.1, 0.15) is 50.2 Å². The SMILES string of the molecule is CCC.N=CC(CCCCl)c1ccccc1C(F)(F)F. The fourth-order valence-corrected chi connectivity index (χ4v) is 1.86. The first-order valence-corrected chi connectivity index (χ1v) is 7.18. The molecule has 0 saturated carbocycles. The molecule has 0 radical (unpaired) electrons. The number of nitrogens with one attached hydrogen (secondary N) is 1. The van der Waals surface area contributed by atoms with E-state index in [-0.39, 0.29) is 5.56 Å². The summed E-state index contributed by atoms with van der Waals surface area (Å²) in [5, 5.41) is 7.24. The predicted molar refractivity (Wildman–Crippen MR) is 78.9 cm³/mol. The first-order chi connectivity index (χ1) is 9.42. The van der Waals surface area contributed by atoms with Crippen LogP contribution >= 0.6 is 11.6 Å². The van der Waals surface area contributed by atoms with E-state index in [0.717, 1.165) is 12.3 Å². The zero-order valence-corrected chi connectivity index (χ0v) is 12.6. The normalized spacial score (nSPS) is 12.3. The minimum Gasteiger partial charge on any atom is -0.312 e. The summed E-state index contributed by atoms with van der Waals surface area (Å²) in [5.41, 5.74) is -0.511. The second-order valence-electron chi connectivity index (χ2n) is 4.40. The van der Waals surface area contributed by atoms with Crippen molar-refractivity contribution in [2.45, 2.75) is 45.2 Å². The zero-order chi connectivity index (χ0) is 15.6. The summed E-state index contributed by atoms with van der Waals surface area (Å²) >= 11 is 5.52. The van der Waals surface area contributed by atoms with Gasteiger partial charge in [0, 0.05) is 18.0 Å². The van der Waals surface area contributed by atoms with Crippen molar-refractivity contribution in [2.75, 3.05) is 5.88 Å². The van der Waals surface area contributed by atoms with Crippen LogP contribution in [0.25, 0.3) is 0 Å². The van der Waals surface area contributed by atoms with Crippen LogP contribution in [0.2, 0.25) is 0 Å². The highest BCUT2D eigenvalue weighted by Crippen LogP contribution is 2.35. The second kappa shape index (κ2) is 9.81. The highest BCUT2D eigenvalue weighted by Gasteiger charge is 2.34. The second-order valence-corrected chi connectivity index (χ2v) is 4.77. The van der Waals surface area contributed by atoms with Crippen LogP contribution in [0.3, 0.4) is 0 Å². The van der Waals surface area contributed by atoms with Crippen molar-refractivity contribution in [3.63, 3.8) is 0 Å². The third-order valence-electron chi connectivity index (χ3n) is 2.52. The van der Waals surface area contributed by atoms with Gasteiger partial charge >= 0.3 is 6.18 Å². The smallest absolute Gasteiger partial charge is 0.312 e. The molecule has 1 aromatic carbocycles. The van der Waals surface area contributed by atoms with E-state index in [0.29, 0.717) is 18.7 Å². The zero-order valence-electron chi connectivity index (χ0n) is 11.8. The minimum absolute atomic E-state index is 0.153. The van der Waals surface area contributed by atoms with E-state index in [9.17, 15) is 13.2 Å². The van der Waals surface area contributed by atoms with E-state index < -0.39 is 17.7 Å². The van der Waals surface area contributed by atoms with E-state index in [1.807, 2.05) is 0 Å². The lowest BCUT2D eigenvalue weighted by atomic mass is 9.91. The van der Waals surface area contributed by atoms with Gasteiger partial charge in [0.2, 0.25) is 0 Å². The molecule has 0 amide bonds.